The maximum absolute atomic E-state index is 11.7. The average molecular weight is 253 g/mol. The van der Waals surface area contributed by atoms with E-state index < -0.39 is 0 Å². The van der Waals surface area contributed by atoms with Gasteiger partial charge < -0.3 is 10.6 Å². The molecule has 1 aromatic heterocycles. The van der Waals surface area contributed by atoms with E-state index in [1.54, 1.807) is 6.20 Å². The van der Waals surface area contributed by atoms with Gasteiger partial charge in [-0.25, -0.2) is 4.98 Å². The first kappa shape index (κ1) is 12.5. The maximum atomic E-state index is 11.7. The second-order valence-corrected chi connectivity index (χ2v) is 5.81. The summed E-state index contributed by atoms with van der Waals surface area (Å²) in [4.78, 5) is 16.9. The number of carbonyl (C=O) groups is 1. The first-order valence-electron chi connectivity index (χ1n) is 6.17. The fraction of sp³-hybridized carbons (Fsp3) is 0.667. The molecule has 0 saturated carbocycles. The molecule has 1 saturated heterocycles. The molecule has 94 valence electrons. The van der Waals surface area contributed by atoms with E-state index in [9.17, 15) is 4.79 Å². The zero-order valence-corrected chi connectivity index (χ0v) is 11.0. The van der Waals surface area contributed by atoms with Crippen LogP contribution in [0.25, 0.3) is 0 Å². The quantitative estimate of drug-likeness (QED) is 0.864. The van der Waals surface area contributed by atoms with Crippen LogP contribution in [0.15, 0.2) is 6.20 Å². The molecule has 1 amide bonds. The van der Waals surface area contributed by atoms with Gasteiger partial charge in [0.2, 0.25) is 5.91 Å². The summed E-state index contributed by atoms with van der Waals surface area (Å²) in [5.74, 6) is 0.748. The SMILES string of the molecule is Cc1cnc(NC(=O)CCC2CCCNC2)s1. The van der Waals surface area contributed by atoms with Crippen molar-refractivity contribution >= 4 is 22.4 Å². The molecular formula is C12H19N3OS. The lowest BCUT2D eigenvalue weighted by Crippen LogP contribution is -2.30. The summed E-state index contributed by atoms with van der Waals surface area (Å²) in [5.41, 5.74) is 0. The number of piperidine rings is 1. The van der Waals surface area contributed by atoms with Gasteiger partial charge in [-0.05, 0) is 45.2 Å². The normalized spacial score (nSPS) is 20.2. The summed E-state index contributed by atoms with van der Waals surface area (Å²) in [7, 11) is 0. The van der Waals surface area contributed by atoms with Crippen LogP contribution in [0.3, 0.4) is 0 Å². The lowest BCUT2D eigenvalue weighted by Gasteiger charge is -2.22. The molecule has 2 N–H and O–H groups in total. The number of anilines is 1. The summed E-state index contributed by atoms with van der Waals surface area (Å²) in [6, 6.07) is 0. The number of aryl methyl sites for hydroxylation is 1. The van der Waals surface area contributed by atoms with E-state index in [4.69, 9.17) is 0 Å². The van der Waals surface area contributed by atoms with Gasteiger partial charge in [0.25, 0.3) is 0 Å². The number of carbonyl (C=O) groups excluding carboxylic acids is 1. The molecule has 0 aromatic carbocycles. The molecule has 0 spiro atoms. The number of hydrogen-bond donors (Lipinski definition) is 2. The maximum Gasteiger partial charge on any atom is 0.226 e. The Kier molecular flexibility index (Phi) is 4.50. The van der Waals surface area contributed by atoms with E-state index in [1.165, 1.54) is 24.2 Å². The van der Waals surface area contributed by atoms with Crippen LogP contribution in [0.5, 0.6) is 0 Å². The van der Waals surface area contributed by atoms with E-state index in [0.29, 0.717) is 17.5 Å². The highest BCUT2D eigenvalue weighted by molar-refractivity contribution is 7.15. The van der Waals surface area contributed by atoms with E-state index in [-0.39, 0.29) is 5.91 Å². The molecule has 1 atom stereocenters. The molecule has 1 aromatic rings. The van der Waals surface area contributed by atoms with Gasteiger partial charge in [-0.15, -0.1) is 11.3 Å². The molecule has 1 unspecified atom stereocenters. The van der Waals surface area contributed by atoms with Crippen molar-refractivity contribution in [3.05, 3.63) is 11.1 Å². The minimum atomic E-state index is 0.0879. The Hall–Kier alpha value is -0.940. The van der Waals surface area contributed by atoms with Crippen LogP contribution >= 0.6 is 11.3 Å². The summed E-state index contributed by atoms with van der Waals surface area (Å²) in [5, 5.41) is 6.94. The van der Waals surface area contributed by atoms with Crippen molar-refractivity contribution in [3.63, 3.8) is 0 Å². The predicted octanol–water partition coefficient (Wildman–Crippen LogP) is 2.17. The van der Waals surface area contributed by atoms with Crippen LogP contribution in [-0.4, -0.2) is 24.0 Å². The lowest BCUT2D eigenvalue weighted by molar-refractivity contribution is -0.116. The van der Waals surface area contributed by atoms with Crippen LogP contribution in [-0.2, 0) is 4.79 Å². The molecule has 1 fully saturated rings. The van der Waals surface area contributed by atoms with E-state index in [2.05, 4.69) is 15.6 Å². The molecule has 4 nitrogen and oxygen atoms in total. The number of amides is 1. The van der Waals surface area contributed by atoms with Crippen molar-refractivity contribution in [2.75, 3.05) is 18.4 Å². The first-order valence-corrected chi connectivity index (χ1v) is 6.98. The third kappa shape index (κ3) is 4.09. The van der Waals surface area contributed by atoms with Gasteiger partial charge in [-0.3, -0.25) is 4.79 Å². The predicted molar refractivity (Wildman–Crippen MR) is 70.3 cm³/mol. The number of thiazole rings is 1. The fourth-order valence-electron chi connectivity index (χ4n) is 2.10. The van der Waals surface area contributed by atoms with Crippen molar-refractivity contribution < 1.29 is 4.79 Å². The van der Waals surface area contributed by atoms with Crippen LogP contribution in [0.4, 0.5) is 5.13 Å². The Morgan fingerprint density at radius 3 is 3.24 bits per heavy atom. The van der Waals surface area contributed by atoms with E-state index in [1.807, 2.05) is 6.92 Å². The lowest BCUT2D eigenvalue weighted by atomic mass is 9.94. The van der Waals surface area contributed by atoms with Gasteiger partial charge in [0.1, 0.15) is 0 Å². The van der Waals surface area contributed by atoms with Crippen LogP contribution < -0.4 is 10.6 Å². The summed E-state index contributed by atoms with van der Waals surface area (Å²) in [6.45, 7) is 4.17. The topological polar surface area (TPSA) is 54.0 Å². The minimum Gasteiger partial charge on any atom is -0.316 e. The zero-order valence-electron chi connectivity index (χ0n) is 10.2. The number of rotatable bonds is 4. The summed E-state index contributed by atoms with van der Waals surface area (Å²) >= 11 is 1.52. The number of aromatic nitrogens is 1. The number of nitrogens with zero attached hydrogens (tertiary/aromatic N) is 1. The highest BCUT2D eigenvalue weighted by atomic mass is 32.1. The van der Waals surface area contributed by atoms with Gasteiger partial charge >= 0.3 is 0 Å². The molecule has 0 radical (unpaired) electrons. The van der Waals surface area contributed by atoms with Gasteiger partial charge in [0.15, 0.2) is 5.13 Å². The monoisotopic (exact) mass is 253 g/mol. The molecule has 1 aliphatic rings. The Morgan fingerprint density at radius 1 is 1.71 bits per heavy atom. The van der Waals surface area contributed by atoms with Crippen molar-refractivity contribution in [2.45, 2.75) is 32.6 Å². The van der Waals surface area contributed by atoms with Gasteiger partial charge in [-0.1, -0.05) is 0 Å². The molecule has 17 heavy (non-hydrogen) atoms. The van der Waals surface area contributed by atoms with Crippen LogP contribution in [0.1, 0.15) is 30.6 Å². The third-order valence-electron chi connectivity index (χ3n) is 3.05. The number of nitrogens with one attached hydrogen (secondary N) is 2. The molecule has 2 rings (SSSR count). The molecule has 0 bridgehead atoms. The molecule has 5 heteroatoms. The fourth-order valence-corrected chi connectivity index (χ4v) is 2.78. The van der Waals surface area contributed by atoms with Crippen molar-refractivity contribution in [1.82, 2.24) is 10.3 Å². The standard InChI is InChI=1S/C12H19N3OS/c1-9-7-14-12(17-9)15-11(16)5-4-10-3-2-6-13-8-10/h7,10,13H,2-6,8H2,1H3,(H,14,15,16). The average Bonchev–Trinajstić information content (AvgIpc) is 2.73. The Morgan fingerprint density at radius 2 is 2.59 bits per heavy atom. The summed E-state index contributed by atoms with van der Waals surface area (Å²) < 4.78 is 0. The smallest absolute Gasteiger partial charge is 0.226 e. The Bertz CT molecular complexity index is 372. The molecular weight excluding hydrogens is 234 g/mol. The van der Waals surface area contributed by atoms with Crippen LogP contribution in [0, 0.1) is 12.8 Å². The van der Waals surface area contributed by atoms with Gasteiger partial charge in [0.05, 0.1) is 0 Å². The highest BCUT2D eigenvalue weighted by Gasteiger charge is 2.14. The minimum absolute atomic E-state index is 0.0879. The second kappa shape index (κ2) is 6.12. The van der Waals surface area contributed by atoms with Gasteiger partial charge in [-0.2, -0.15) is 0 Å². The third-order valence-corrected chi connectivity index (χ3v) is 3.87. The summed E-state index contributed by atoms with van der Waals surface area (Å²) in [6.07, 6.45) is 5.84. The van der Waals surface area contributed by atoms with E-state index >= 15 is 0 Å². The Labute approximate surface area is 106 Å². The zero-order chi connectivity index (χ0) is 12.1. The largest absolute Gasteiger partial charge is 0.316 e. The van der Waals surface area contributed by atoms with E-state index in [0.717, 1.165) is 24.4 Å². The van der Waals surface area contributed by atoms with Crippen LogP contribution in [0.2, 0.25) is 0 Å². The van der Waals surface area contributed by atoms with Crippen molar-refractivity contribution in [2.24, 2.45) is 5.92 Å². The molecule has 0 aliphatic carbocycles. The Balaban J connectivity index is 1.70. The second-order valence-electron chi connectivity index (χ2n) is 4.58. The number of hydrogen-bond acceptors (Lipinski definition) is 4. The molecule has 1 aliphatic heterocycles. The highest BCUT2D eigenvalue weighted by Crippen LogP contribution is 2.19. The first-order chi connectivity index (χ1) is 8.24. The van der Waals surface area contributed by atoms with Crippen molar-refractivity contribution in [1.29, 1.82) is 0 Å². The van der Waals surface area contributed by atoms with Crippen molar-refractivity contribution in [3.8, 4) is 0 Å². The molecule has 2 heterocycles. The van der Waals surface area contributed by atoms with Gasteiger partial charge in [0, 0.05) is 17.5 Å².